The lowest BCUT2D eigenvalue weighted by Gasteiger charge is -2.11. The van der Waals surface area contributed by atoms with Crippen LogP contribution in [0.2, 0.25) is 0 Å². The van der Waals surface area contributed by atoms with Crippen molar-refractivity contribution in [3.8, 4) is 12.1 Å². The lowest BCUT2D eigenvalue weighted by molar-refractivity contribution is -0.119. The highest BCUT2D eigenvalue weighted by molar-refractivity contribution is 5.92. The molecule has 0 bridgehead atoms. The van der Waals surface area contributed by atoms with Crippen LogP contribution in [0.3, 0.4) is 0 Å². The van der Waals surface area contributed by atoms with Crippen molar-refractivity contribution in [1.82, 2.24) is 0 Å². The van der Waals surface area contributed by atoms with Crippen LogP contribution in [0, 0.1) is 28.6 Å². The Kier molecular flexibility index (Phi) is 4.86. The minimum absolute atomic E-state index is 0.144. The van der Waals surface area contributed by atoms with Gasteiger partial charge in [-0.3, -0.25) is 4.79 Å². The number of benzene rings is 1. The van der Waals surface area contributed by atoms with Gasteiger partial charge in [0.2, 0.25) is 5.91 Å². The fourth-order valence-corrected chi connectivity index (χ4v) is 1.46. The van der Waals surface area contributed by atoms with Gasteiger partial charge >= 0.3 is 0 Å². The molecule has 0 saturated carbocycles. The van der Waals surface area contributed by atoms with Crippen LogP contribution in [-0.4, -0.2) is 12.5 Å². The van der Waals surface area contributed by atoms with E-state index in [2.05, 4.69) is 5.32 Å². The Labute approximate surface area is 106 Å². The molecule has 0 aliphatic heterocycles. The van der Waals surface area contributed by atoms with E-state index in [1.54, 1.807) is 13.0 Å². The van der Waals surface area contributed by atoms with E-state index in [4.69, 9.17) is 16.3 Å². The van der Waals surface area contributed by atoms with Gasteiger partial charge in [0.25, 0.3) is 0 Å². The zero-order valence-corrected chi connectivity index (χ0v) is 10.1. The van der Waals surface area contributed by atoms with Gasteiger partial charge in [0.15, 0.2) is 0 Å². The Morgan fingerprint density at radius 3 is 2.61 bits per heavy atom. The first kappa shape index (κ1) is 13.7. The summed E-state index contributed by atoms with van der Waals surface area (Å²) in [6, 6.07) is 8.45. The Hall–Kier alpha value is -2.37. The van der Waals surface area contributed by atoms with Gasteiger partial charge in [-0.2, -0.15) is 10.5 Å². The largest absolute Gasteiger partial charge is 0.330 e. The van der Waals surface area contributed by atoms with Gasteiger partial charge in [-0.25, -0.2) is 0 Å². The summed E-state index contributed by atoms with van der Waals surface area (Å²) in [6.07, 6.45) is 0.604. The van der Waals surface area contributed by atoms with Gasteiger partial charge in [-0.05, 0) is 31.2 Å². The maximum Gasteiger partial charge on any atom is 0.227 e. The van der Waals surface area contributed by atoms with Crippen LogP contribution in [0.1, 0.15) is 24.5 Å². The summed E-state index contributed by atoms with van der Waals surface area (Å²) < 4.78 is 0. The van der Waals surface area contributed by atoms with Crippen molar-refractivity contribution >= 4 is 11.6 Å². The van der Waals surface area contributed by atoms with Crippen molar-refractivity contribution in [2.24, 2.45) is 11.7 Å². The van der Waals surface area contributed by atoms with Crippen LogP contribution >= 0.6 is 0 Å². The summed E-state index contributed by atoms with van der Waals surface area (Å²) in [5.41, 5.74) is 6.45. The lowest BCUT2D eigenvalue weighted by atomic mass is 10.1. The van der Waals surface area contributed by atoms with Crippen molar-refractivity contribution in [1.29, 1.82) is 10.5 Å². The van der Waals surface area contributed by atoms with Crippen LogP contribution in [0.5, 0.6) is 0 Å². The molecule has 92 valence electrons. The molecule has 1 aromatic carbocycles. The van der Waals surface area contributed by atoms with E-state index in [9.17, 15) is 4.79 Å². The molecular weight excluding hydrogens is 228 g/mol. The Morgan fingerprint density at radius 1 is 1.39 bits per heavy atom. The fraction of sp³-hybridized carbons (Fsp3) is 0.308. The topological polar surface area (TPSA) is 103 Å². The highest BCUT2D eigenvalue weighted by Gasteiger charge is 2.12. The number of nitrogens with zero attached hydrogens (tertiary/aromatic N) is 2. The smallest absolute Gasteiger partial charge is 0.227 e. The van der Waals surface area contributed by atoms with Gasteiger partial charge in [0.1, 0.15) is 12.1 Å². The van der Waals surface area contributed by atoms with Gasteiger partial charge in [0, 0.05) is 11.6 Å². The first-order chi connectivity index (χ1) is 8.62. The summed E-state index contributed by atoms with van der Waals surface area (Å²) in [4.78, 5) is 11.7. The molecule has 3 N–H and O–H groups in total. The van der Waals surface area contributed by atoms with Crippen molar-refractivity contribution in [2.75, 3.05) is 11.9 Å². The third-order valence-electron chi connectivity index (χ3n) is 2.58. The molecule has 0 radical (unpaired) electrons. The van der Waals surface area contributed by atoms with E-state index in [1.807, 2.05) is 12.1 Å². The summed E-state index contributed by atoms with van der Waals surface area (Å²) >= 11 is 0. The molecule has 1 amide bonds. The second-order valence-electron chi connectivity index (χ2n) is 3.95. The van der Waals surface area contributed by atoms with E-state index in [-0.39, 0.29) is 17.4 Å². The van der Waals surface area contributed by atoms with E-state index in [0.29, 0.717) is 24.2 Å². The van der Waals surface area contributed by atoms with Crippen molar-refractivity contribution in [3.63, 3.8) is 0 Å². The predicted octanol–water partition coefficient (Wildman–Crippen LogP) is 1.35. The molecule has 1 aromatic rings. The number of nitrogens with one attached hydrogen (secondary N) is 1. The van der Waals surface area contributed by atoms with E-state index < -0.39 is 0 Å². The number of anilines is 1. The van der Waals surface area contributed by atoms with Crippen LogP contribution in [0.15, 0.2) is 18.2 Å². The quantitative estimate of drug-likeness (QED) is 0.831. The fourth-order valence-electron chi connectivity index (χ4n) is 1.46. The molecule has 18 heavy (non-hydrogen) atoms. The van der Waals surface area contributed by atoms with Gasteiger partial charge in [-0.1, -0.05) is 6.92 Å². The van der Waals surface area contributed by atoms with E-state index in [0.717, 1.165) is 0 Å². The average molecular weight is 242 g/mol. The summed E-state index contributed by atoms with van der Waals surface area (Å²) in [7, 11) is 0. The third-order valence-corrected chi connectivity index (χ3v) is 2.58. The summed E-state index contributed by atoms with van der Waals surface area (Å²) in [5, 5.41) is 20.3. The molecule has 1 atom stereocenters. The molecule has 0 heterocycles. The molecule has 5 nitrogen and oxygen atoms in total. The molecule has 5 heteroatoms. The van der Waals surface area contributed by atoms with Gasteiger partial charge < -0.3 is 11.1 Å². The minimum Gasteiger partial charge on any atom is -0.330 e. The van der Waals surface area contributed by atoms with Gasteiger partial charge in [-0.15, -0.1) is 0 Å². The maximum absolute atomic E-state index is 11.7. The standard InChI is InChI=1S/C13H14N4O/c1-9(4-5-14)13(18)17-12-3-2-10(7-15)11(6-12)8-16/h2-3,6,9H,4-5,14H2,1H3,(H,17,18). The van der Waals surface area contributed by atoms with Gasteiger partial charge in [0.05, 0.1) is 11.1 Å². The molecule has 0 saturated heterocycles. The third kappa shape index (κ3) is 3.31. The minimum atomic E-state index is -0.184. The monoisotopic (exact) mass is 242 g/mol. The van der Waals surface area contributed by atoms with Crippen LogP contribution < -0.4 is 11.1 Å². The second kappa shape index (κ2) is 6.39. The molecule has 0 aliphatic rings. The van der Waals surface area contributed by atoms with Crippen molar-refractivity contribution in [2.45, 2.75) is 13.3 Å². The Bertz CT molecular complexity index is 525. The zero-order valence-electron chi connectivity index (χ0n) is 10.1. The number of carbonyl (C=O) groups excluding carboxylic acids is 1. The van der Waals surface area contributed by atoms with Crippen LogP contribution in [0.25, 0.3) is 0 Å². The molecular formula is C13H14N4O. The first-order valence-electron chi connectivity index (χ1n) is 5.57. The Balaban J connectivity index is 2.84. The number of hydrogen-bond acceptors (Lipinski definition) is 4. The number of carbonyl (C=O) groups is 1. The van der Waals surface area contributed by atoms with E-state index in [1.165, 1.54) is 12.1 Å². The van der Waals surface area contributed by atoms with E-state index >= 15 is 0 Å². The van der Waals surface area contributed by atoms with Crippen LogP contribution in [-0.2, 0) is 4.79 Å². The zero-order chi connectivity index (χ0) is 13.5. The number of nitrogens with two attached hydrogens (primary N) is 1. The summed E-state index contributed by atoms with van der Waals surface area (Å²) in [5.74, 6) is -0.328. The molecule has 0 aliphatic carbocycles. The normalized spacial score (nSPS) is 11.1. The molecule has 0 fully saturated rings. The molecule has 0 aromatic heterocycles. The molecule has 1 rings (SSSR count). The number of amides is 1. The van der Waals surface area contributed by atoms with Crippen molar-refractivity contribution in [3.05, 3.63) is 29.3 Å². The number of hydrogen-bond donors (Lipinski definition) is 2. The maximum atomic E-state index is 11.7. The lowest BCUT2D eigenvalue weighted by Crippen LogP contribution is -2.22. The van der Waals surface area contributed by atoms with Crippen LogP contribution in [0.4, 0.5) is 5.69 Å². The predicted molar refractivity (Wildman–Crippen MR) is 67.3 cm³/mol. The highest BCUT2D eigenvalue weighted by Crippen LogP contribution is 2.16. The SMILES string of the molecule is CC(CCN)C(=O)Nc1ccc(C#N)c(C#N)c1. The highest BCUT2D eigenvalue weighted by atomic mass is 16.1. The second-order valence-corrected chi connectivity index (χ2v) is 3.95. The Morgan fingerprint density at radius 2 is 2.06 bits per heavy atom. The first-order valence-corrected chi connectivity index (χ1v) is 5.57. The average Bonchev–Trinajstić information content (AvgIpc) is 2.38. The van der Waals surface area contributed by atoms with Crippen molar-refractivity contribution < 1.29 is 4.79 Å². The molecule has 0 spiro atoms. The molecule has 1 unspecified atom stereocenters. The summed E-state index contributed by atoms with van der Waals surface area (Å²) in [6.45, 7) is 2.24. The number of nitriles is 2. The number of rotatable bonds is 4.